The van der Waals surface area contributed by atoms with E-state index in [1.54, 1.807) is 0 Å². The molecule has 1 atom stereocenters. The van der Waals surface area contributed by atoms with Gasteiger partial charge in [0, 0.05) is 19.6 Å². The first-order chi connectivity index (χ1) is 10.1. The molecule has 0 aromatic heterocycles. The van der Waals surface area contributed by atoms with Crippen molar-refractivity contribution in [1.29, 1.82) is 0 Å². The highest BCUT2D eigenvalue weighted by Gasteiger charge is 2.19. The number of aliphatic hydroxyl groups excluding tert-OH is 1. The lowest BCUT2D eigenvalue weighted by molar-refractivity contribution is -0.0101. The van der Waals surface area contributed by atoms with E-state index in [0.29, 0.717) is 19.8 Å². The standard InChI is InChI=1S/C17H27NO3/c1-4-20-17-6-5-14-7-8-18(10-15(14)9-17)11-16(19)12-21-13(2)3/h5-6,9,13,16,19H,4,7-8,10-12H2,1-3H3. The van der Waals surface area contributed by atoms with Crippen molar-refractivity contribution in [3.63, 3.8) is 0 Å². The minimum atomic E-state index is -0.427. The average Bonchev–Trinajstić information content (AvgIpc) is 2.45. The second-order valence-corrected chi connectivity index (χ2v) is 5.88. The number of fused-ring (bicyclic) bond motifs is 1. The summed E-state index contributed by atoms with van der Waals surface area (Å²) in [6, 6.07) is 6.33. The SMILES string of the molecule is CCOc1ccc2c(c1)CN(CC(O)COC(C)C)CC2. The van der Waals surface area contributed by atoms with Crippen molar-refractivity contribution in [2.24, 2.45) is 0 Å². The summed E-state index contributed by atoms with van der Waals surface area (Å²) in [5.41, 5.74) is 2.70. The lowest BCUT2D eigenvalue weighted by Crippen LogP contribution is -2.38. The number of β-amino-alcohol motifs (C(OH)–C–C–N with tert-alkyl or cyclic N) is 1. The van der Waals surface area contributed by atoms with Gasteiger partial charge >= 0.3 is 0 Å². The number of ether oxygens (including phenoxy) is 2. The summed E-state index contributed by atoms with van der Waals surface area (Å²) in [7, 11) is 0. The highest BCUT2D eigenvalue weighted by Crippen LogP contribution is 2.24. The van der Waals surface area contributed by atoms with Crippen molar-refractivity contribution in [2.75, 3.05) is 26.3 Å². The van der Waals surface area contributed by atoms with Gasteiger partial charge < -0.3 is 14.6 Å². The molecule has 1 aliphatic rings. The van der Waals surface area contributed by atoms with E-state index < -0.39 is 6.10 Å². The second-order valence-electron chi connectivity index (χ2n) is 5.88. The molecule has 4 nitrogen and oxygen atoms in total. The molecule has 1 aromatic carbocycles. The van der Waals surface area contributed by atoms with Gasteiger partial charge in [0.15, 0.2) is 0 Å². The van der Waals surface area contributed by atoms with Crippen LogP contribution in [0.4, 0.5) is 0 Å². The summed E-state index contributed by atoms with van der Waals surface area (Å²) in [6.07, 6.45) is 0.763. The fraction of sp³-hybridized carbons (Fsp3) is 0.647. The Bertz CT molecular complexity index is 448. The Kier molecular flexibility index (Phi) is 6.03. The van der Waals surface area contributed by atoms with Crippen LogP contribution in [0, 0.1) is 0 Å². The van der Waals surface area contributed by atoms with Gasteiger partial charge in [-0.3, -0.25) is 4.90 Å². The van der Waals surface area contributed by atoms with Gasteiger partial charge in [-0.2, -0.15) is 0 Å². The van der Waals surface area contributed by atoms with Crippen molar-refractivity contribution in [2.45, 2.75) is 45.9 Å². The monoisotopic (exact) mass is 293 g/mol. The van der Waals surface area contributed by atoms with Gasteiger partial charge in [-0.25, -0.2) is 0 Å². The maximum atomic E-state index is 10.0. The molecule has 0 aliphatic carbocycles. The lowest BCUT2D eigenvalue weighted by Gasteiger charge is -2.30. The quantitative estimate of drug-likeness (QED) is 0.837. The Morgan fingerprint density at radius 3 is 2.81 bits per heavy atom. The number of nitrogens with zero attached hydrogens (tertiary/aromatic N) is 1. The molecule has 0 amide bonds. The van der Waals surface area contributed by atoms with Crippen molar-refractivity contribution in [1.82, 2.24) is 4.90 Å². The molecule has 1 heterocycles. The third-order valence-electron chi connectivity index (χ3n) is 3.67. The molecule has 4 heteroatoms. The summed E-state index contributed by atoms with van der Waals surface area (Å²) in [4.78, 5) is 2.28. The van der Waals surface area contributed by atoms with Crippen LogP contribution in [0.2, 0.25) is 0 Å². The maximum Gasteiger partial charge on any atom is 0.119 e. The predicted octanol–water partition coefficient (Wildman–Crippen LogP) is 2.23. The molecular formula is C17H27NO3. The lowest BCUT2D eigenvalue weighted by atomic mass is 9.99. The van der Waals surface area contributed by atoms with Crippen LogP contribution < -0.4 is 4.74 Å². The number of hydrogen-bond acceptors (Lipinski definition) is 4. The molecule has 2 rings (SSSR count). The molecule has 0 spiro atoms. The third kappa shape index (κ3) is 4.99. The number of hydrogen-bond donors (Lipinski definition) is 1. The van der Waals surface area contributed by atoms with Gasteiger partial charge in [0.05, 0.1) is 25.4 Å². The van der Waals surface area contributed by atoms with Crippen LogP contribution in [0.15, 0.2) is 18.2 Å². The van der Waals surface area contributed by atoms with Gasteiger partial charge in [0.2, 0.25) is 0 Å². The van der Waals surface area contributed by atoms with Crippen molar-refractivity contribution >= 4 is 0 Å². The van der Waals surface area contributed by atoms with Crippen molar-refractivity contribution in [3.8, 4) is 5.75 Å². The van der Waals surface area contributed by atoms with Gasteiger partial charge in [0.25, 0.3) is 0 Å². The predicted molar refractivity (Wildman–Crippen MR) is 83.7 cm³/mol. The largest absolute Gasteiger partial charge is 0.494 e. The Balaban J connectivity index is 1.90. The molecule has 1 aliphatic heterocycles. The smallest absolute Gasteiger partial charge is 0.119 e. The topological polar surface area (TPSA) is 41.9 Å². The molecule has 1 unspecified atom stereocenters. The van der Waals surface area contributed by atoms with E-state index in [0.717, 1.165) is 25.3 Å². The highest BCUT2D eigenvalue weighted by atomic mass is 16.5. The van der Waals surface area contributed by atoms with E-state index in [2.05, 4.69) is 17.0 Å². The molecule has 1 aromatic rings. The van der Waals surface area contributed by atoms with Gasteiger partial charge in [-0.1, -0.05) is 6.07 Å². The molecule has 21 heavy (non-hydrogen) atoms. The summed E-state index contributed by atoms with van der Waals surface area (Å²) in [5.74, 6) is 0.932. The van der Waals surface area contributed by atoms with Crippen LogP contribution in [0.1, 0.15) is 31.9 Å². The Morgan fingerprint density at radius 1 is 1.29 bits per heavy atom. The number of rotatable bonds is 7. The van der Waals surface area contributed by atoms with E-state index in [1.807, 2.05) is 26.8 Å². The molecule has 0 fully saturated rings. The summed E-state index contributed by atoms with van der Waals surface area (Å²) in [5, 5.41) is 10.0. The molecular weight excluding hydrogens is 266 g/mol. The first-order valence-corrected chi connectivity index (χ1v) is 7.85. The number of benzene rings is 1. The van der Waals surface area contributed by atoms with Crippen LogP contribution in [-0.4, -0.2) is 48.5 Å². The molecule has 0 bridgehead atoms. The van der Waals surface area contributed by atoms with Crippen LogP contribution in [0.3, 0.4) is 0 Å². The normalized spacial score (nSPS) is 16.8. The fourth-order valence-electron chi connectivity index (χ4n) is 2.66. The average molecular weight is 293 g/mol. The minimum Gasteiger partial charge on any atom is -0.494 e. The zero-order valence-corrected chi connectivity index (χ0v) is 13.3. The molecule has 0 saturated carbocycles. The van der Waals surface area contributed by atoms with E-state index in [4.69, 9.17) is 9.47 Å². The highest BCUT2D eigenvalue weighted by molar-refractivity contribution is 5.37. The van der Waals surface area contributed by atoms with E-state index in [-0.39, 0.29) is 6.10 Å². The summed E-state index contributed by atoms with van der Waals surface area (Å²) >= 11 is 0. The Hall–Kier alpha value is -1.10. The maximum absolute atomic E-state index is 10.0. The first kappa shape index (κ1) is 16.3. The van der Waals surface area contributed by atoms with Crippen LogP contribution in [-0.2, 0) is 17.7 Å². The molecule has 1 N–H and O–H groups in total. The van der Waals surface area contributed by atoms with Crippen LogP contribution in [0.5, 0.6) is 5.75 Å². The first-order valence-electron chi connectivity index (χ1n) is 7.85. The molecule has 0 saturated heterocycles. The zero-order valence-electron chi connectivity index (χ0n) is 13.3. The third-order valence-corrected chi connectivity index (χ3v) is 3.67. The van der Waals surface area contributed by atoms with Gasteiger partial charge in [0.1, 0.15) is 5.75 Å². The second kappa shape index (κ2) is 7.78. The van der Waals surface area contributed by atoms with Gasteiger partial charge in [-0.05, 0) is 50.5 Å². The van der Waals surface area contributed by atoms with Crippen molar-refractivity contribution in [3.05, 3.63) is 29.3 Å². The zero-order chi connectivity index (χ0) is 15.2. The molecule has 0 radical (unpaired) electrons. The summed E-state index contributed by atoms with van der Waals surface area (Å²) in [6.45, 7) is 9.57. The van der Waals surface area contributed by atoms with Crippen molar-refractivity contribution < 1.29 is 14.6 Å². The van der Waals surface area contributed by atoms with Crippen LogP contribution >= 0.6 is 0 Å². The summed E-state index contributed by atoms with van der Waals surface area (Å²) < 4.78 is 11.0. The van der Waals surface area contributed by atoms with Crippen LogP contribution in [0.25, 0.3) is 0 Å². The minimum absolute atomic E-state index is 0.162. The van der Waals surface area contributed by atoms with E-state index in [9.17, 15) is 5.11 Å². The fourth-order valence-corrected chi connectivity index (χ4v) is 2.66. The van der Waals surface area contributed by atoms with Gasteiger partial charge in [-0.15, -0.1) is 0 Å². The molecule has 118 valence electrons. The Labute approximate surface area is 127 Å². The van der Waals surface area contributed by atoms with E-state index in [1.165, 1.54) is 11.1 Å². The van der Waals surface area contributed by atoms with E-state index >= 15 is 0 Å². The Morgan fingerprint density at radius 2 is 2.10 bits per heavy atom. The number of aliphatic hydroxyl groups is 1.